The summed E-state index contributed by atoms with van der Waals surface area (Å²) in [4.78, 5) is 23.9. The molecule has 7 heteroatoms. The molecule has 2 N–H and O–H groups in total. The number of nitrogens with zero attached hydrogens (tertiary/aromatic N) is 2. The molecule has 134 valence electrons. The number of amides is 1. The lowest BCUT2D eigenvalue weighted by atomic mass is 10.1. The van der Waals surface area contributed by atoms with Crippen LogP contribution >= 0.6 is 0 Å². The van der Waals surface area contributed by atoms with Crippen LogP contribution in [0, 0.1) is 13.8 Å². The lowest BCUT2D eigenvalue weighted by molar-refractivity contribution is -0.142. The molecule has 2 rings (SSSR count). The number of carbonyl (C=O) groups is 2. The first-order valence-electron chi connectivity index (χ1n) is 8.00. The van der Waals surface area contributed by atoms with Gasteiger partial charge in [0.15, 0.2) is 6.04 Å². The second kappa shape index (κ2) is 7.83. The van der Waals surface area contributed by atoms with Crippen molar-refractivity contribution in [1.29, 1.82) is 0 Å². The van der Waals surface area contributed by atoms with E-state index in [4.69, 9.17) is 4.74 Å². The second-order valence-electron chi connectivity index (χ2n) is 6.04. The predicted molar refractivity (Wildman–Crippen MR) is 92.5 cm³/mol. The molecule has 2 aromatic rings. The van der Waals surface area contributed by atoms with Gasteiger partial charge < -0.3 is 15.2 Å². The summed E-state index contributed by atoms with van der Waals surface area (Å²) in [7, 11) is 1.53. The van der Waals surface area contributed by atoms with Gasteiger partial charge in [0.25, 0.3) is 0 Å². The normalized spacial score (nSPS) is 13.1. The maximum Gasteiger partial charge on any atom is 0.330 e. The van der Waals surface area contributed by atoms with E-state index in [0.717, 1.165) is 11.4 Å². The van der Waals surface area contributed by atoms with Gasteiger partial charge in [0.05, 0.1) is 18.8 Å². The van der Waals surface area contributed by atoms with Crippen LogP contribution in [-0.2, 0) is 9.59 Å². The minimum absolute atomic E-state index is 0.141. The molecule has 0 saturated carbocycles. The standard InChI is InChI=1S/C18H23N3O4/c1-11-9-12(2)21(20-11)13(3)10-16(22)19-17(18(23)24)14-5-7-15(25-4)8-6-14/h5-9,13,17H,10H2,1-4H3,(H,19,22)(H,23,24). The van der Waals surface area contributed by atoms with Crippen molar-refractivity contribution in [3.63, 3.8) is 0 Å². The van der Waals surface area contributed by atoms with Gasteiger partial charge in [-0.2, -0.15) is 5.10 Å². The van der Waals surface area contributed by atoms with E-state index >= 15 is 0 Å². The van der Waals surface area contributed by atoms with Crippen molar-refractivity contribution in [2.45, 2.75) is 39.3 Å². The van der Waals surface area contributed by atoms with Crippen molar-refractivity contribution in [3.05, 3.63) is 47.3 Å². The number of ether oxygens (including phenoxy) is 1. The molecule has 0 aliphatic heterocycles. The number of aromatic nitrogens is 2. The number of rotatable bonds is 7. The molecule has 25 heavy (non-hydrogen) atoms. The van der Waals surface area contributed by atoms with Gasteiger partial charge in [-0.05, 0) is 44.5 Å². The lowest BCUT2D eigenvalue weighted by Crippen LogP contribution is -2.34. The highest BCUT2D eigenvalue weighted by Crippen LogP contribution is 2.19. The summed E-state index contributed by atoms with van der Waals surface area (Å²) in [5, 5.41) is 16.4. The van der Waals surface area contributed by atoms with E-state index in [9.17, 15) is 14.7 Å². The van der Waals surface area contributed by atoms with Crippen molar-refractivity contribution < 1.29 is 19.4 Å². The molecule has 0 spiro atoms. The molecule has 2 unspecified atom stereocenters. The molecular weight excluding hydrogens is 322 g/mol. The van der Waals surface area contributed by atoms with Gasteiger partial charge in [0, 0.05) is 12.1 Å². The van der Waals surface area contributed by atoms with E-state index in [1.54, 1.807) is 28.9 Å². The third kappa shape index (κ3) is 4.59. The molecule has 0 saturated heterocycles. The quantitative estimate of drug-likeness (QED) is 0.804. The molecule has 2 atom stereocenters. The van der Waals surface area contributed by atoms with Gasteiger partial charge >= 0.3 is 5.97 Å². The number of hydrogen-bond donors (Lipinski definition) is 2. The molecule has 0 radical (unpaired) electrons. The van der Waals surface area contributed by atoms with Crippen LogP contribution in [0.25, 0.3) is 0 Å². The topological polar surface area (TPSA) is 93.5 Å². The average Bonchev–Trinajstić information content (AvgIpc) is 2.91. The molecule has 0 fully saturated rings. The van der Waals surface area contributed by atoms with E-state index in [-0.39, 0.29) is 18.4 Å². The van der Waals surface area contributed by atoms with E-state index in [0.29, 0.717) is 11.3 Å². The van der Waals surface area contributed by atoms with Crippen LogP contribution in [-0.4, -0.2) is 33.9 Å². The Morgan fingerprint density at radius 1 is 1.28 bits per heavy atom. The molecule has 1 aromatic carbocycles. The van der Waals surface area contributed by atoms with Gasteiger partial charge in [-0.25, -0.2) is 4.79 Å². The zero-order valence-electron chi connectivity index (χ0n) is 14.8. The van der Waals surface area contributed by atoms with Gasteiger partial charge in [-0.1, -0.05) is 12.1 Å². The summed E-state index contributed by atoms with van der Waals surface area (Å²) in [6.07, 6.45) is 0.141. The van der Waals surface area contributed by atoms with E-state index in [2.05, 4.69) is 10.4 Å². The third-order valence-corrected chi connectivity index (χ3v) is 3.94. The molecule has 7 nitrogen and oxygen atoms in total. The Kier molecular flexibility index (Phi) is 5.80. The minimum atomic E-state index is -1.11. The summed E-state index contributed by atoms with van der Waals surface area (Å²) < 4.78 is 6.84. The summed E-state index contributed by atoms with van der Waals surface area (Å²) in [5.41, 5.74) is 2.33. The smallest absolute Gasteiger partial charge is 0.330 e. The van der Waals surface area contributed by atoms with E-state index in [1.807, 2.05) is 26.8 Å². The monoisotopic (exact) mass is 345 g/mol. The second-order valence-corrected chi connectivity index (χ2v) is 6.04. The molecule has 0 bridgehead atoms. The number of carboxylic acid groups (broad SMARTS) is 1. The van der Waals surface area contributed by atoms with Crippen LogP contribution in [0.15, 0.2) is 30.3 Å². The lowest BCUT2D eigenvalue weighted by Gasteiger charge is -2.18. The molecule has 0 aliphatic carbocycles. The zero-order valence-corrected chi connectivity index (χ0v) is 14.8. The van der Waals surface area contributed by atoms with Crippen LogP contribution in [0.3, 0.4) is 0 Å². The summed E-state index contributed by atoms with van der Waals surface area (Å²) in [6, 6.07) is 7.24. The summed E-state index contributed by atoms with van der Waals surface area (Å²) in [5.74, 6) is -0.835. The Hall–Kier alpha value is -2.83. The van der Waals surface area contributed by atoms with Crippen LogP contribution in [0.2, 0.25) is 0 Å². The largest absolute Gasteiger partial charge is 0.497 e. The summed E-state index contributed by atoms with van der Waals surface area (Å²) >= 11 is 0. The number of carboxylic acids is 1. The first kappa shape index (κ1) is 18.5. The molecule has 1 heterocycles. The Balaban J connectivity index is 2.07. The minimum Gasteiger partial charge on any atom is -0.497 e. The zero-order chi connectivity index (χ0) is 18.6. The predicted octanol–water partition coefficient (Wildman–Crippen LogP) is 2.40. The molecule has 1 aromatic heterocycles. The fraction of sp³-hybridized carbons (Fsp3) is 0.389. The first-order valence-corrected chi connectivity index (χ1v) is 8.00. The molecule has 1 amide bonds. The van der Waals surface area contributed by atoms with Crippen LogP contribution in [0.1, 0.15) is 42.4 Å². The SMILES string of the molecule is COc1ccc(C(NC(=O)CC(C)n2nc(C)cc2C)C(=O)O)cc1. The Bertz CT molecular complexity index is 752. The van der Waals surface area contributed by atoms with Crippen molar-refractivity contribution in [2.24, 2.45) is 0 Å². The highest BCUT2D eigenvalue weighted by Gasteiger charge is 2.23. The summed E-state index contributed by atoms with van der Waals surface area (Å²) in [6.45, 7) is 5.69. The van der Waals surface area contributed by atoms with Crippen molar-refractivity contribution in [1.82, 2.24) is 15.1 Å². The van der Waals surface area contributed by atoms with Crippen molar-refractivity contribution in [3.8, 4) is 5.75 Å². The number of benzene rings is 1. The highest BCUT2D eigenvalue weighted by atomic mass is 16.5. The Labute approximate surface area is 146 Å². The van der Waals surface area contributed by atoms with Crippen LogP contribution < -0.4 is 10.1 Å². The third-order valence-electron chi connectivity index (χ3n) is 3.94. The highest BCUT2D eigenvalue weighted by molar-refractivity contribution is 5.84. The maximum absolute atomic E-state index is 12.3. The molecule has 0 aliphatic rings. The number of nitrogens with one attached hydrogen (secondary N) is 1. The number of aliphatic carboxylic acids is 1. The van der Waals surface area contributed by atoms with E-state index in [1.165, 1.54) is 7.11 Å². The average molecular weight is 345 g/mol. The van der Waals surface area contributed by atoms with E-state index < -0.39 is 12.0 Å². The van der Waals surface area contributed by atoms with Crippen LogP contribution in [0.5, 0.6) is 5.75 Å². The number of carbonyl (C=O) groups excluding carboxylic acids is 1. The van der Waals surface area contributed by atoms with Crippen molar-refractivity contribution in [2.75, 3.05) is 7.11 Å². The van der Waals surface area contributed by atoms with Gasteiger partial charge in [0.2, 0.25) is 5.91 Å². The maximum atomic E-state index is 12.3. The fourth-order valence-electron chi connectivity index (χ4n) is 2.75. The number of hydrogen-bond acceptors (Lipinski definition) is 4. The van der Waals surface area contributed by atoms with Gasteiger partial charge in [-0.3, -0.25) is 9.48 Å². The number of methoxy groups -OCH3 is 1. The van der Waals surface area contributed by atoms with Crippen molar-refractivity contribution >= 4 is 11.9 Å². The fourth-order valence-corrected chi connectivity index (χ4v) is 2.75. The van der Waals surface area contributed by atoms with Gasteiger partial charge in [0.1, 0.15) is 5.75 Å². The Morgan fingerprint density at radius 2 is 1.92 bits per heavy atom. The number of aryl methyl sites for hydroxylation is 2. The van der Waals surface area contributed by atoms with Gasteiger partial charge in [-0.15, -0.1) is 0 Å². The molecular formula is C18H23N3O4. The first-order chi connectivity index (χ1) is 11.8. The Morgan fingerprint density at radius 3 is 2.40 bits per heavy atom. The van der Waals surface area contributed by atoms with Crippen LogP contribution in [0.4, 0.5) is 0 Å².